The quantitative estimate of drug-likeness (QED) is 0.545. The molecule has 1 amide bonds. The number of esters is 1. The molecule has 0 atom stereocenters. The number of carbonyl (C=O) groups is 3. The molecule has 0 aliphatic carbocycles. The van der Waals surface area contributed by atoms with Gasteiger partial charge in [0.1, 0.15) is 5.75 Å². The summed E-state index contributed by atoms with van der Waals surface area (Å²) >= 11 is 0. The highest BCUT2D eigenvalue weighted by molar-refractivity contribution is 5.94. The predicted octanol–water partition coefficient (Wildman–Crippen LogP) is 3.05. The lowest BCUT2D eigenvalue weighted by atomic mass is 10.1. The lowest BCUT2D eigenvalue weighted by Crippen LogP contribution is -2.23. The van der Waals surface area contributed by atoms with Gasteiger partial charge in [-0.15, -0.1) is 0 Å². The number of amides is 1. The molecule has 152 valence electrons. The van der Waals surface area contributed by atoms with Crippen molar-refractivity contribution in [2.24, 2.45) is 0 Å². The molecule has 0 aromatic heterocycles. The molecule has 1 saturated heterocycles. The number of benzene rings is 2. The van der Waals surface area contributed by atoms with E-state index >= 15 is 0 Å². The maximum Gasteiger partial charge on any atom is 0.344 e. The summed E-state index contributed by atoms with van der Waals surface area (Å²) in [4.78, 5) is 37.2. The topological polar surface area (TPSA) is 84.9 Å². The first kappa shape index (κ1) is 20.4. The summed E-state index contributed by atoms with van der Waals surface area (Å²) in [7, 11) is 0. The van der Waals surface area contributed by atoms with Crippen LogP contribution in [0.3, 0.4) is 0 Å². The van der Waals surface area contributed by atoms with E-state index in [1.807, 2.05) is 24.3 Å². The minimum atomic E-state index is -0.653. The minimum absolute atomic E-state index is 0.0485. The Morgan fingerprint density at radius 3 is 2.21 bits per heavy atom. The summed E-state index contributed by atoms with van der Waals surface area (Å²) in [5.41, 5.74) is 2.35. The van der Waals surface area contributed by atoms with Gasteiger partial charge in [0, 0.05) is 30.0 Å². The van der Waals surface area contributed by atoms with Crippen LogP contribution in [-0.4, -0.2) is 44.0 Å². The number of anilines is 2. The van der Waals surface area contributed by atoms with Crippen LogP contribution in [0.15, 0.2) is 48.5 Å². The second kappa shape index (κ2) is 9.73. The molecule has 0 spiro atoms. The van der Waals surface area contributed by atoms with Gasteiger partial charge in [-0.25, -0.2) is 4.79 Å². The van der Waals surface area contributed by atoms with E-state index in [4.69, 9.17) is 9.47 Å². The Hall–Kier alpha value is -3.35. The standard InChI is InChI=1S/C22H24N2O5/c1-16(25)17-4-10-20(11-5-17)28-15-22(27)29-14-21(26)23-18-6-8-19(9-7-18)24-12-2-3-13-24/h4-11H,2-3,12-15H2,1H3,(H,23,26). The lowest BCUT2D eigenvalue weighted by Gasteiger charge is -2.17. The van der Waals surface area contributed by atoms with Gasteiger partial charge in [-0.05, 0) is 68.3 Å². The summed E-state index contributed by atoms with van der Waals surface area (Å²) in [5.74, 6) is -0.680. The zero-order valence-corrected chi connectivity index (χ0v) is 16.3. The van der Waals surface area contributed by atoms with Gasteiger partial charge in [0.25, 0.3) is 5.91 Å². The number of ketones is 1. The number of hydrogen-bond donors (Lipinski definition) is 1. The summed E-state index contributed by atoms with van der Waals surface area (Å²) in [6.45, 7) is 2.88. The van der Waals surface area contributed by atoms with Crippen LogP contribution in [0.2, 0.25) is 0 Å². The van der Waals surface area contributed by atoms with Crippen molar-refractivity contribution in [1.82, 2.24) is 0 Å². The number of ether oxygens (including phenoxy) is 2. The molecule has 1 fully saturated rings. The normalized spacial score (nSPS) is 13.1. The van der Waals surface area contributed by atoms with Crippen molar-refractivity contribution in [1.29, 1.82) is 0 Å². The van der Waals surface area contributed by atoms with E-state index in [0.717, 1.165) is 18.8 Å². The van der Waals surface area contributed by atoms with E-state index in [9.17, 15) is 14.4 Å². The number of hydrogen-bond acceptors (Lipinski definition) is 6. The first-order valence-electron chi connectivity index (χ1n) is 9.55. The van der Waals surface area contributed by atoms with Crippen LogP contribution in [0.25, 0.3) is 0 Å². The van der Waals surface area contributed by atoms with Gasteiger partial charge in [-0.2, -0.15) is 0 Å². The fourth-order valence-corrected chi connectivity index (χ4v) is 3.04. The largest absolute Gasteiger partial charge is 0.482 e. The Labute approximate surface area is 169 Å². The zero-order valence-electron chi connectivity index (χ0n) is 16.3. The molecule has 7 heteroatoms. The fourth-order valence-electron chi connectivity index (χ4n) is 3.04. The van der Waals surface area contributed by atoms with E-state index in [-0.39, 0.29) is 19.0 Å². The van der Waals surface area contributed by atoms with Crippen molar-refractivity contribution >= 4 is 29.0 Å². The average Bonchev–Trinajstić information content (AvgIpc) is 3.26. The van der Waals surface area contributed by atoms with Crippen molar-refractivity contribution in [3.05, 3.63) is 54.1 Å². The molecule has 1 aliphatic rings. The Balaban J connectivity index is 1.38. The molecule has 7 nitrogen and oxygen atoms in total. The molecule has 1 aliphatic heterocycles. The number of nitrogens with one attached hydrogen (secondary N) is 1. The van der Waals surface area contributed by atoms with Gasteiger partial charge in [0.05, 0.1) is 0 Å². The van der Waals surface area contributed by atoms with Crippen LogP contribution >= 0.6 is 0 Å². The molecule has 2 aromatic rings. The molecular weight excluding hydrogens is 372 g/mol. The molecule has 3 rings (SSSR count). The first-order chi connectivity index (χ1) is 14.0. The molecule has 1 heterocycles. The van der Waals surface area contributed by atoms with Crippen molar-refractivity contribution in [2.75, 3.05) is 36.5 Å². The number of Topliss-reactive ketones (excluding diaryl/α,β-unsaturated/α-hetero) is 1. The zero-order chi connectivity index (χ0) is 20.6. The summed E-state index contributed by atoms with van der Waals surface area (Å²) < 4.78 is 10.2. The Morgan fingerprint density at radius 2 is 1.59 bits per heavy atom. The first-order valence-corrected chi connectivity index (χ1v) is 9.55. The average molecular weight is 396 g/mol. The van der Waals surface area contributed by atoms with Crippen molar-refractivity contribution < 1.29 is 23.9 Å². The second-order valence-corrected chi connectivity index (χ2v) is 6.82. The SMILES string of the molecule is CC(=O)c1ccc(OCC(=O)OCC(=O)Nc2ccc(N3CCCC3)cc2)cc1. The third kappa shape index (κ3) is 6.07. The molecule has 1 N–H and O–H groups in total. The number of carbonyl (C=O) groups excluding carboxylic acids is 3. The fraction of sp³-hybridized carbons (Fsp3) is 0.318. The molecule has 0 bridgehead atoms. The second-order valence-electron chi connectivity index (χ2n) is 6.82. The maximum absolute atomic E-state index is 12.0. The molecule has 29 heavy (non-hydrogen) atoms. The Morgan fingerprint density at radius 1 is 0.931 bits per heavy atom. The van der Waals surface area contributed by atoms with Crippen LogP contribution in [0.5, 0.6) is 5.75 Å². The molecular formula is C22H24N2O5. The number of rotatable bonds is 8. The third-order valence-electron chi connectivity index (χ3n) is 4.60. The van der Waals surface area contributed by atoms with Crippen LogP contribution in [0, 0.1) is 0 Å². The molecule has 2 aromatic carbocycles. The monoisotopic (exact) mass is 396 g/mol. The van der Waals surface area contributed by atoms with Gasteiger partial charge in [0.15, 0.2) is 19.0 Å². The molecule has 0 saturated carbocycles. The van der Waals surface area contributed by atoms with E-state index < -0.39 is 11.9 Å². The van der Waals surface area contributed by atoms with E-state index in [0.29, 0.717) is 17.0 Å². The highest BCUT2D eigenvalue weighted by Crippen LogP contribution is 2.22. The van der Waals surface area contributed by atoms with Crippen molar-refractivity contribution in [2.45, 2.75) is 19.8 Å². The molecule has 0 unspecified atom stereocenters. The van der Waals surface area contributed by atoms with Crippen LogP contribution in [0.4, 0.5) is 11.4 Å². The Kier molecular flexibility index (Phi) is 6.84. The smallest absolute Gasteiger partial charge is 0.344 e. The maximum atomic E-state index is 12.0. The third-order valence-corrected chi connectivity index (χ3v) is 4.60. The predicted molar refractivity (Wildman–Crippen MR) is 109 cm³/mol. The summed E-state index contributed by atoms with van der Waals surface area (Å²) in [6.07, 6.45) is 2.41. The van der Waals surface area contributed by atoms with Gasteiger partial charge < -0.3 is 19.7 Å². The van der Waals surface area contributed by atoms with Gasteiger partial charge in [-0.3, -0.25) is 9.59 Å². The van der Waals surface area contributed by atoms with Crippen molar-refractivity contribution in [3.63, 3.8) is 0 Å². The highest BCUT2D eigenvalue weighted by Gasteiger charge is 2.13. The van der Waals surface area contributed by atoms with E-state index in [1.54, 1.807) is 24.3 Å². The number of nitrogens with zero attached hydrogens (tertiary/aromatic N) is 1. The summed E-state index contributed by atoms with van der Waals surface area (Å²) in [6, 6.07) is 14.0. The molecule has 0 radical (unpaired) electrons. The lowest BCUT2D eigenvalue weighted by molar-refractivity contribution is -0.149. The van der Waals surface area contributed by atoms with Gasteiger partial charge in [0.2, 0.25) is 0 Å². The summed E-state index contributed by atoms with van der Waals surface area (Å²) in [5, 5.41) is 2.70. The van der Waals surface area contributed by atoms with Crippen LogP contribution < -0.4 is 15.0 Å². The van der Waals surface area contributed by atoms with Crippen LogP contribution in [0.1, 0.15) is 30.1 Å². The van der Waals surface area contributed by atoms with Crippen LogP contribution in [-0.2, 0) is 14.3 Å². The van der Waals surface area contributed by atoms with Gasteiger partial charge >= 0.3 is 5.97 Å². The Bertz CT molecular complexity index is 856. The minimum Gasteiger partial charge on any atom is -0.482 e. The van der Waals surface area contributed by atoms with E-state index in [1.165, 1.54) is 19.8 Å². The van der Waals surface area contributed by atoms with Gasteiger partial charge in [-0.1, -0.05) is 0 Å². The highest BCUT2D eigenvalue weighted by atomic mass is 16.6. The van der Waals surface area contributed by atoms with Crippen molar-refractivity contribution in [3.8, 4) is 5.75 Å². The van der Waals surface area contributed by atoms with E-state index in [2.05, 4.69) is 10.2 Å².